The maximum absolute atomic E-state index is 11.6. The number of amidine groups is 1. The van der Waals surface area contributed by atoms with Gasteiger partial charge >= 0.3 is 5.97 Å². The van der Waals surface area contributed by atoms with E-state index in [4.69, 9.17) is 10.5 Å². The van der Waals surface area contributed by atoms with Crippen LogP contribution < -0.4 is 5.73 Å². The Bertz CT molecular complexity index is 1020. The number of hydrogen-bond acceptors (Lipinski definition) is 5. The molecule has 2 N–H and O–H groups in total. The van der Waals surface area contributed by atoms with E-state index in [0.717, 1.165) is 22.4 Å². The van der Waals surface area contributed by atoms with Crippen molar-refractivity contribution in [1.29, 1.82) is 0 Å². The van der Waals surface area contributed by atoms with Gasteiger partial charge in [-0.05, 0) is 40.5 Å². The molecule has 0 aliphatic rings. The molecule has 0 unspecified atom stereocenters. The van der Waals surface area contributed by atoms with Crippen LogP contribution in [0.3, 0.4) is 0 Å². The maximum Gasteiger partial charge on any atom is 0.337 e. The molecule has 29 heavy (non-hydrogen) atoms. The Hall–Kier alpha value is -3.38. The summed E-state index contributed by atoms with van der Waals surface area (Å²) in [6.07, 6.45) is 1.67. The van der Waals surface area contributed by atoms with Gasteiger partial charge < -0.3 is 10.5 Å². The summed E-state index contributed by atoms with van der Waals surface area (Å²) in [5.41, 5.74) is 10.5. The molecule has 0 aliphatic carbocycles. The fourth-order valence-corrected chi connectivity index (χ4v) is 3.24. The lowest BCUT2D eigenvalue weighted by Crippen LogP contribution is -2.05. The zero-order valence-electron chi connectivity index (χ0n) is 16.0. The topological polar surface area (TPSA) is 77.0 Å². The Labute approximate surface area is 174 Å². The Kier molecular flexibility index (Phi) is 7.19. The van der Waals surface area contributed by atoms with Gasteiger partial charge in [-0.25, -0.2) is 4.79 Å². The van der Waals surface area contributed by atoms with E-state index in [1.165, 1.54) is 24.4 Å². The first kappa shape index (κ1) is 20.4. The van der Waals surface area contributed by atoms with Crippen LogP contribution in [0, 0.1) is 0 Å². The van der Waals surface area contributed by atoms with Crippen LogP contribution in [0.25, 0.3) is 11.1 Å². The van der Waals surface area contributed by atoms with Crippen LogP contribution in [0.15, 0.2) is 89.1 Å². The van der Waals surface area contributed by atoms with E-state index in [9.17, 15) is 4.79 Å². The molecule has 146 valence electrons. The molecular weight excluding hydrogens is 382 g/mol. The van der Waals surface area contributed by atoms with Crippen molar-refractivity contribution in [3.8, 4) is 11.1 Å². The number of nitrogens with two attached hydrogens (primary N) is 1. The summed E-state index contributed by atoms with van der Waals surface area (Å²) in [5, 5.41) is 8.56. The molecule has 5 nitrogen and oxygen atoms in total. The lowest BCUT2D eigenvalue weighted by atomic mass is 10.0. The molecule has 0 aliphatic heterocycles. The molecule has 6 heteroatoms. The van der Waals surface area contributed by atoms with Gasteiger partial charge in [0.2, 0.25) is 0 Å². The first-order chi connectivity index (χ1) is 14.2. The summed E-state index contributed by atoms with van der Waals surface area (Å²) in [6, 6.07) is 25.2. The Morgan fingerprint density at radius 2 is 1.76 bits per heavy atom. The van der Waals surface area contributed by atoms with E-state index in [0.29, 0.717) is 10.7 Å². The van der Waals surface area contributed by atoms with Crippen LogP contribution in [0.2, 0.25) is 0 Å². The van der Waals surface area contributed by atoms with Crippen LogP contribution in [0.1, 0.15) is 21.5 Å². The average Bonchev–Trinajstić information content (AvgIpc) is 2.78. The van der Waals surface area contributed by atoms with E-state index in [1.807, 2.05) is 66.7 Å². The van der Waals surface area contributed by atoms with Crippen LogP contribution in [-0.4, -0.2) is 24.5 Å². The number of ether oxygens (including phenoxy) is 1. The molecule has 0 aromatic heterocycles. The highest BCUT2D eigenvalue weighted by atomic mass is 32.2. The third-order valence-electron chi connectivity index (χ3n) is 4.12. The highest BCUT2D eigenvalue weighted by Gasteiger charge is 2.05. The number of carbonyl (C=O) groups is 1. The minimum atomic E-state index is -0.349. The fraction of sp³-hybridized carbons (Fsp3) is 0.0870. The van der Waals surface area contributed by atoms with Crippen molar-refractivity contribution in [1.82, 2.24) is 0 Å². The van der Waals surface area contributed by atoms with Gasteiger partial charge in [0.25, 0.3) is 0 Å². The molecule has 0 radical (unpaired) electrons. The molecular formula is C23H21N3O2S. The highest BCUT2D eigenvalue weighted by Crippen LogP contribution is 2.21. The number of nitrogens with zero attached hydrogens (tertiary/aromatic N) is 2. The molecule has 0 heterocycles. The Morgan fingerprint density at radius 1 is 1.00 bits per heavy atom. The summed E-state index contributed by atoms with van der Waals surface area (Å²) in [7, 11) is 1.37. The third-order valence-corrected chi connectivity index (χ3v) is 4.97. The van der Waals surface area contributed by atoms with Crippen LogP contribution >= 0.6 is 11.8 Å². The van der Waals surface area contributed by atoms with Crippen molar-refractivity contribution < 1.29 is 9.53 Å². The number of benzene rings is 3. The van der Waals surface area contributed by atoms with Crippen molar-refractivity contribution in [3.05, 3.63) is 95.6 Å². The standard InChI is InChI=1S/C23H21N3O2S/c1-28-22(27)20-12-10-19(11-13-20)21-9-5-8-18(14-21)15-25-26-23(24)29-16-17-6-3-2-4-7-17/h2-15H,16H2,1H3,(H2,24,26). The molecule has 0 saturated carbocycles. The summed E-state index contributed by atoms with van der Waals surface area (Å²) in [4.78, 5) is 11.6. The second kappa shape index (κ2) is 10.2. The number of thioether (sulfide) groups is 1. The highest BCUT2D eigenvalue weighted by molar-refractivity contribution is 8.13. The zero-order valence-corrected chi connectivity index (χ0v) is 16.8. The molecule has 0 fully saturated rings. The lowest BCUT2D eigenvalue weighted by molar-refractivity contribution is 0.0601. The predicted molar refractivity (Wildman–Crippen MR) is 120 cm³/mol. The monoisotopic (exact) mass is 403 g/mol. The van der Waals surface area contributed by atoms with Crippen LogP contribution in [0.5, 0.6) is 0 Å². The minimum absolute atomic E-state index is 0.349. The SMILES string of the molecule is COC(=O)c1ccc(-c2cccc(C=NN=C(N)SCc3ccccc3)c2)cc1. The van der Waals surface area contributed by atoms with Gasteiger partial charge in [-0.3, -0.25) is 0 Å². The summed E-state index contributed by atoms with van der Waals surface area (Å²) < 4.78 is 4.73. The molecule has 0 spiro atoms. The minimum Gasteiger partial charge on any atom is -0.465 e. The van der Waals surface area contributed by atoms with Crippen LogP contribution in [-0.2, 0) is 10.5 Å². The molecule has 3 rings (SSSR count). The number of methoxy groups -OCH3 is 1. The van der Waals surface area contributed by atoms with E-state index >= 15 is 0 Å². The number of hydrogen-bond donors (Lipinski definition) is 1. The molecule has 0 atom stereocenters. The molecule has 3 aromatic rings. The van der Waals surface area contributed by atoms with E-state index in [1.54, 1.807) is 18.3 Å². The summed E-state index contributed by atoms with van der Waals surface area (Å²) >= 11 is 1.45. The fourth-order valence-electron chi connectivity index (χ4n) is 2.63. The number of rotatable bonds is 6. The molecule has 0 amide bonds. The average molecular weight is 404 g/mol. The number of esters is 1. The maximum atomic E-state index is 11.6. The van der Waals surface area contributed by atoms with Gasteiger partial charge in [-0.1, -0.05) is 72.4 Å². The molecule has 0 saturated heterocycles. The molecule has 0 bridgehead atoms. The number of carbonyl (C=O) groups excluding carboxylic acids is 1. The van der Waals surface area contributed by atoms with Gasteiger partial charge in [0.05, 0.1) is 18.9 Å². The first-order valence-corrected chi connectivity index (χ1v) is 9.96. The predicted octanol–water partition coefficient (Wildman–Crippen LogP) is 4.72. The Morgan fingerprint density at radius 3 is 2.48 bits per heavy atom. The van der Waals surface area contributed by atoms with Gasteiger partial charge in [0.15, 0.2) is 5.17 Å². The van der Waals surface area contributed by atoms with Gasteiger partial charge in [-0.2, -0.15) is 5.10 Å². The van der Waals surface area contributed by atoms with E-state index in [2.05, 4.69) is 10.2 Å². The first-order valence-electron chi connectivity index (χ1n) is 8.98. The summed E-state index contributed by atoms with van der Waals surface area (Å²) in [6.45, 7) is 0. The normalized spacial score (nSPS) is 11.6. The van der Waals surface area contributed by atoms with Gasteiger partial charge in [0, 0.05) is 5.75 Å². The van der Waals surface area contributed by atoms with Gasteiger partial charge in [-0.15, -0.1) is 5.10 Å². The van der Waals surface area contributed by atoms with E-state index in [-0.39, 0.29) is 5.97 Å². The van der Waals surface area contributed by atoms with E-state index < -0.39 is 0 Å². The quantitative estimate of drug-likeness (QED) is 0.280. The second-order valence-electron chi connectivity index (χ2n) is 6.15. The van der Waals surface area contributed by atoms with Crippen molar-refractivity contribution >= 4 is 29.1 Å². The zero-order chi connectivity index (χ0) is 20.5. The van der Waals surface area contributed by atoms with Crippen LogP contribution in [0.4, 0.5) is 0 Å². The second-order valence-corrected chi connectivity index (χ2v) is 7.15. The van der Waals surface area contributed by atoms with Crippen molar-refractivity contribution in [2.75, 3.05) is 7.11 Å². The van der Waals surface area contributed by atoms with Crippen molar-refractivity contribution in [2.45, 2.75) is 5.75 Å². The smallest absolute Gasteiger partial charge is 0.337 e. The lowest BCUT2D eigenvalue weighted by Gasteiger charge is -2.04. The van der Waals surface area contributed by atoms with Gasteiger partial charge in [0.1, 0.15) is 0 Å². The van der Waals surface area contributed by atoms with Crippen molar-refractivity contribution in [3.63, 3.8) is 0 Å². The van der Waals surface area contributed by atoms with Crippen molar-refractivity contribution in [2.24, 2.45) is 15.9 Å². The Balaban J connectivity index is 1.63. The summed E-state index contributed by atoms with van der Waals surface area (Å²) in [5.74, 6) is 0.404. The largest absolute Gasteiger partial charge is 0.465 e. The molecule has 3 aromatic carbocycles. The third kappa shape index (κ3) is 6.05.